The zero-order chi connectivity index (χ0) is 20.1. The monoisotopic (exact) mass is 404 g/mol. The van der Waals surface area contributed by atoms with Crippen molar-refractivity contribution in [2.75, 3.05) is 0 Å². The van der Waals surface area contributed by atoms with Crippen molar-refractivity contribution in [1.82, 2.24) is 0 Å². The van der Waals surface area contributed by atoms with Crippen LogP contribution < -0.4 is 0 Å². The normalized spacial score (nSPS) is 12.1. The van der Waals surface area contributed by atoms with E-state index in [0.29, 0.717) is 22.9 Å². The third kappa shape index (κ3) is 4.41. The van der Waals surface area contributed by atoms with E-state index in [1.54, 1.807) is 73.5 Å². The van der Waals surface area contributed by atoms with E-state index >= 15 is 0 Å². The molecule has 0 bridgehead atoms. The summed E-state index contributed by atoms with van der Waals surface area (Å²) in [5.41, 5.74) is 1.26. The Balaban J connectivity index is 1.50. The fourth-order valence-electron chi connectivity index (χ4n) is 2.56. The quantitative estimate of drug-likeness (QED) is 0.413. The maximum atomic E-state index is 12.8. The second kappa shape index (κ2) is 8.12. The van der Waals surface area contributed by atoms with Gasteiger partial charge in [-0.3, -0.25) is 9.98 Å². The molecule has 2 heterocycles. The number of hydrogen-bond acceptors (Lipinski definition) is 6. The maximum Gasteiger partial charge on any atom is 0.206 e. The Kier molecular flexibility index (Phi) is 5.22. The molecule has 0 unspecified atom stereocenters. The van der Waals surface area contributed by atoms with Crippen LogP contribution in [-0.4, -0.2) is 20.8 Å². The predicted octanol–water partition coefficient (Wildman–Crippen LogP) is 5.21. The Morgan fingerprint density at radius 2 is 1.03 bits per heavy atom. The molecule has 0 fully saturated rings. The lowest BCUT2D eigenvalue weighted by Gasteiger charge is -2.05. The van der Waals surface area contributed by atoms with E-state index in [-0.39, 0.29) is 9.79 Å². The minimum atomic E-state index is -3.63. The van der Waals surface area contributed by atoms with Crippen LogP contribution in [0.4, 0.5) is 11.4 Å². The molecule has 7 heteroatoms. The second-order valence-electron chi connectivity index (χ2n) is 6.04. The Morgan fingerprint density at radius 3 is 1.38 bits per heavy atom. The molecule has 0 amide bonds. The summed E-state index contributed by atoms with van der Waals surface area (Å²) in [5, 5.41) is 0. The molecule has 0 radical (unpaired) electrons. The van der Waals surface area contributed by atoms with Crippen LogP contribution in [0.1, 0.15) is 11.5 Å². The van der Waals surface area contributed by atoms with Gasteiger partial charge < -0.3 is 8.83 Å². The van der Waals surface area contributed by atoms with Crippen molar-refractivity contribution in [3.05, 3.63) is 96.8 Å². The van der Waals surface area contributed by atoms with Crippen LogP contribution in [0.5, 0.6) is 0 Å². The summed E-state index contributed by atoms with van der Waals surface area (Å²) in [6.45, 7) is 0. The van der Waals surface area contributed by atoms with Gasteiger partial charge in [-0.1, -0.05) is 0 Å². The van der Waals surface area contributed by atoms with Gasteiger partial charge in [0.2, 0.25) is 9.84 Å². The first kappa shape index (κ1) is 18.6. The highest BCUT2D eigenvalue weighted by atomic mass is 32.2. The molecule has 4 rings (SSSR count). The highest BCUT2D eigenvalue weighted by Gasteiger charge is 2.17. The second-order valence-corrected chi connectivity index (χ2v) is 7.99. The third-order valence-electron chi connectivity index (χ3n) is 4.06. The third-order valence-corrected chi connectivity index (χ3v) is 5.85. The van der Waals surface area contributed by atoms with E-state index in [1.165, 1.54) is 24.3 Å². The lowest BCUT2D eigenvalue weighted by Crippen LogP contribution is -2.01. The standard InChI is InChI=1S/C22H16N2O4S/c25-29(26,21-9-5-17(6-10-21)23-15-19-3-1-13-27-19)22-11-7-18(8-12-22)24-16-20-4-2-14-28-20/h1-16H. The van der Waals surface area contributed by atoms with E-state index < -0.39 is 9.84 Å². The molecule has 0 saturated carbocycles. The first-order valence-electron chi connectivity index (χ1n) is 8.72. The molecular formula is C22H16N2O4S. The largest absolute Gasteiger partial charge is 0.463 e. The lowest BCUT2D eigenvalue weighted by atomic mass is 10.3. The van der Waals surface area contributed by atoms with E-state index in [1.807, 2.05) is 0 Å². The number of benzene rings is 2. The van der Waals surface area contributed by atoms with Crippen LogP contribution in [0.3, 0.4) is 0 Å². The van der Waals surface area contributed by atoms with Crippen LogP contribution in [0.2, 0.25) is 0 Å². The van der Waals surface area contributed by atoms with Gasteiger partial charge in [0, 0.05) is 0 Å². The van der Waals surface area contributed by atoms with Crippen LogP contribution in [0.15, 0.2) is 114 Å². The zero-order valence-electron chi connectivity index (χ0n) is 15.2. The molecule has 0 aliphatic heterocycles. The van der Waals surface area contributed by atoms with Gasteiger partial charge in [-0.25, -0.2) is 8.42 Å². The number of rotatable bonds is 6. The molecule has 0 spiro atoms. The fraction of sp³-hybridized carbons (Fsp3) is 0. The highest BCUT2D eigenvalue weighted by molar-refractivity contribution is 7.91. The van der Waals surface area contributed by atoms with Crippen molar-refractivity contribution >= 4 is 33.6 Å². The first-order chi connectivity index (χ1) is 14.1. The first-order valence-corrected chi connectivity index (χ1v) is 10.2. The van der Waals surface area contributed by atoms with Gasteiger partial charge in [0.25, 0.3) is 0 Å². The summed E-state index contributed by atoms with van der Waals surface area (Å²) in [6, 6.07) is 19.8. The fourth-order valence-corrected chi connectivity index (χ4v) is 3.83. The number of nitrogens with zero attached hydrogens (tertiary/aromatic N) is 2. The van der Waals surface area contributed by atoms with Gasteiger partial charge in [-0.05, 0) is 72.8 Å². The molecule has 0 atom stereocenters. The molecule has 29 heavy (non-hydrogen) atoms. The van der Waals surface area contributed by atoms with Crippen molar-refractivity contribution in [1.29, 1.82) is 0 Å². The molecule has 144 valence electrons. The lowest BCUT2D eigenvalue weighted by molar-refractivity contribution is 0.560. The van der Waals surface area contributed by atoms with Crippen LogP contribution in [0, 0.1) is 0 Å². The van der Waals surface area contributed by atoms with Crippen LogP contribution >= 0.6 is 0 Å². The smallest absolute Gasteiger partial charge is 0.206 e. The van der Waals surface area contributed by atoms with Crippen molar-refractivity contribution in [2.45, 2.75) is 9.79 Å². The summed E-state index contributed by atoms with van der Waals surface area (Å²) in [5.74, 6) is 1.24. The number of sulfone groups is 1. The Labute approximate surface area is 167 Å². The Morgan fingerprint density at radius 1 is 0.621 bits per heavy atom. The van der Waals surface area contributed by atoms with E-state index in [4.69, 9.17) is 8.83 Å². The van der Waals surface area contributed by atoms with Gasteiger partial charge in [-0.15, -0.1) is 0 Å². The van der Waals surface area contributed by atoms with Crippen molar-refractivity contribution in [2.24, 2.45) is 9.98 Å². The molecular weight excluding hydrogens is 388 g/mol. The predicted molar refractivity (Wildman–Crippen MR) is 110 cm³/mol. The SMILES string of the molecule is O=S(=O)(c1ccc(N=Cc2ccco2)cc1)c1ccc(N=Cc2ccco2)cc1. The molecule has 2 aromatic carbocycles. The summed E-state index contributed by atoms with van der Waals surface area (Å²) in [4.78, 5) is 8.91. The molecule has 0 N–H and O–H groups in total. The molecule has 2 aromatic heterocycles. The summed E-state index contributed by atoms with van der Waals surface area (Å²) < 4.78 is 36.0. The van der Waals surface area contributed by atoms with E-state index in [2.05, 4.69) is 9.98 Å². The average Bonchev–Trinajstić information content (AvgIpc) is 3.45. The van der Waals surface area contributed by atoms with Gasteiger partial charge in [0.1, 0.15) is 11.5 Å². The number of furan rings is 2. The minimum absolute atomic E-state index is 0.196. The van der Waals surface area contributed by atoms with Gasteiger partial charge in [-0.2, -0.15) is 0 Å². The van der Waals surface area contributed by atoms with Crippen molar-refractivity contribution in [3.8, 4) is 0 Å². The maximum absolute atomic E-state index is 12.8. The summed E-state index contributed by atoms with van der Waals surface area (Å²) >= 11 is 0. The summed E-state index contributed by atoms with van der Waals surface area (Å²) in [6.07, 6.45) is 6.27. The molecule has 0 saturated heterocycles. The number of hydrogen-bond donors (Lipinski definition) is 0. The van der Waals surface area contributed by atoms with Crippen molar-refractivity contribution < 1.29 is 17.3 Å². The Hall–Kier alpha value is -3.71. The van der Waals surface area contributed by atoms with Crippen LogP contribution in [0.25, 0.3) is 0 Å². The molecule has 0 aliphatic carbocycles. The minimum Gasteiger partial charge on any atom is -0.463 e. The topological polar surface area (TPSA) is 85.1 Å². The molecule has 0 aliphatic rings. The van der Waals surface area contributed by atoms with Crippen molar-refractivity contribution in [3.63, 3.8) is 0 Å². The molecule has 4 aromatic rings. The highest BCUT2D eigenvalue weighted by Crippen LogP contribution is 2.25. The van der Waals surface area contributed by atoms with Gasteiger partial charge in [0.15, 0.2) is 0 Å². The molecule has 6 nitrogen and oxygen atoms in total. The zero-order valence-corrected chi connectivity index (χ0v) is 16.0. The van der Waals surface area contributed by atoms with Gasteiger partial charge in [0.05, 0.1) is 46.1 Å². The van der Waals surface area contributed by atoms with E-state index in [9.17, 15) is 8.42 Å². The van der Waals surface area contributed by atoms with Crippen LogP contribution in [-0.2, 0) is 9.84 Å². The average molecular weight is 404 g/mol. The Bertz CT molecular complexity index is 1130. The van der Waals surface area contributed by atoms with E-state index in [0.717, 1.165) is 0 Å². The number of aliphatic imine (C=N–C) groups is 2. The van der Waals surface area contributed by atoms with Gasteiger partial charge >= 0.3 is 0 Å². The summed E-state index contributed by atoms with van der Waals surface area (Å²) in [7, 11) is -3.63.